The number of hydrogen-bond donors (Lipinski definition) is 0. The van der Waals surface area contributed by atoms with Gasteiger partial charge in [0.05, 0.1) is 16.9 Å². The van der Waals surface area contributed by atoms with Crippen LogP contribution in [-0.2, 0) is 0 Å². The van der Waals surface area contributed by atoms with Crippen molar-refractivity contribution in [3.8, 4) is 0 Å². The predicted molar refractivity (Wildman–Crippen MR) is 53.6 cm³/mol. The van der Waals surface area contributed by atoms with Gasteiger partial charge in [-0.1, -0.05) is 0 Å². The van der Waals surface area contributed by atoms with Crippen molar-refractivity contribution in [3.05, 3.63) is 16.9 Å². The number of halogens is 1. The Morgan fingerprint density at radius 3 is 3.08 bits per heavy atom. The van der Waals surface area contributed by atoms with Gasteiger partial charge >= 0.3 is 0 Å². The molecule has 0 spiro atoms. The Hall–Kier alpha value is -0.640. The molecule has 0 amide bonds. The van der Waals surface area contributed by atoms with E-state index in [1.54, 1.807) is 11.0 Å². The highest BCUT2D eigenvalue weighted by Gasteiger charge is 2.45. The first-order chi connectivity index (χ1) is 6.33. The normalized spacial score (nSPS) is 33.8. The average molecular weight is 240 g/mol. The molecule has 0 N–H and O–H groups in total. The number of aromatic nitrogens is 2. The van der Waals surface area contributed by atoms with E-state index in [2.05, 4.69) is 26.1 Å². The van der Waals surface area contributed by atoms with Crippen molar-refractivity contribution in [2.75, 3.05) is 0 Å². The molecule has 0 saturated heterocycles. The standard InChI is InChI=1S/C9H10BrN3/c10-7-4-11-13(5-7)12-9-2-1-6-3-8(6)9/h4-6,8H,1-3H2/b12-9-/t6-,8+/m0/s1. The van der Waals surface area contributed by atoms with Gasteiger partial charge in [-0.2, -0.15) is 15.0 Å². The molecule has 13 heavy (non-hydrogen) atoms. The molecule has 68 valence electrons. The van der Waals surface area contributed by atoms with Gasteiger partial charge in [-0.05, 0) is 41.1 Å². The quantitative estimate of drug-likeness (QED) is 0.740. The van der Waals surface area contributed by atoms with Crippen molar-refractivity contribution in [1.82, 2.24) is 9.89 Å². The average Bonchev–Trinajstić information content (AvgIpc) is 2.63. The smallest absolute Gasteiger partial charge is 0.0654 e. The molecule has 0 aromatic carbocycles. The van der Waals surface area contributed by atoms with Gasteiger partial charge in [-0.25, -0.2) is 0 Å². The number of nitrogens with zero attached hydrogens (tertiary/aromatic N) is 3. The molecule has 0 radical (unpaired) electrons. The predicted octanol–water partition coefficient (Wildman–Crippen LogP) is 2.28. The van der Waals surface area contributed by atoms with Gasteiger partial charge in [0, 0.05) is 11.6 Å². The van der Waals surface area contributed by atoms with Crippen molar-refractivity contribution in [1.29, 1.82) is 0 Å². The Bertz CT molecular complexity index is 369. The van der Waals surface area contributed by atoms with E-state index in [4.69, 9.17) is 0 Å². The maximum Gasteiger partial charge on any atom is 0.0654 e. The molecule has 4 heteroatoms. The maximum atomic E-state index is 4.49. The van der Waals surface area contributed by atoms with E-state index in [1.807, 2.05) is 6.20 Å². The van der Waals surface area contributed by atoms with E-state index in [0.29, 0.717) is 0 Å². The van der Waals surface area contributed by atoms with Crippen molar-refractivity contribution in [2.45, 2.75) is 19.3 Å². The first-order valence-electron chi connectivity index (χ1n) is 4.61. The van der Waals surface area contributed by atoms with Crippen LogP contribution in [0.4, 0.5) is 0 Å². The maximum absolute atomic E-state index is 4.49. The fourth-order valence-corrected chi connectivity index (χ4v) is 2.37. The zero-order valence-corrected chi connectivity index (χ0v) is 8.74. The van der Waals surface area contributed by atoms with Gasteiger partial charge in [0.15, 0.2) is 0 Å². The molecule has 1 aromatic heterocycles. The van der Waals surface area contributed by atoms with Crippen molar-refractivity contribution >= 4 is 21.6 Å². The van der Waals surface area contributed by atoms with Gasteiger partial charge in [0.25, 0.3) is 0 Å². The Morgan fingerprint density at radius 2 is 2.54 bits per heavy atom. The van der Waals surface area contributed by atoms with Crippen LogP contribution in [0, 0.1) is 11.8 Å². The summed E-state index contributed by atoms with van der Waals surface area (Å²) in [5, 5.41) is 8.61. The molecular weight excluding hydrogens is 230 g/mol. The monoisotopic (exact) mass is 239 g/mol. The number of rotatable bonds is 1. The highest BCUT2D eigenvalue weighted by Crippen LogP contribution is 2.49. The Labute approximate surface area is 84.9 Å². The molecule has 2 fully saturated rings. The molecule has 2 atom stereocenters. The molecule has 3 nitrogen and oxygen atoms in total. The van der Waals surface area contributed by atoms with E-state index in [-0.39, 0.29) is 0 Å². The van der Waals surface area contributed by atoms with Crippen LogP contribution >= 0.6 is 15.9 Å². The lowest BCUT2D eigenvalue weighted by Crippen LogP contribution is -2.00. The summed E-state index contributed by atoms with van der Waals surface area (Å²) in [5.74, 6) is 1.75. The third-order valence-corrected chi connectivity index (χ3v) is 3.30. The summed E-state index contributed by atoms with van der Waals surface area (Å²) in [4.78, 5) is 1.67. The van der Waals surface area contributed by atoms with Crippen LogP contribution in [0.5, 0.6) is 0 Å². The van der Waals surface area contributed by atoms with Crippen LogP contribution in [0.3, 0.4) is 0 Å². The second-order valence-electron chi connectivity index (χ2n) is 3.81. The summed E-state index contributed by atoms with van der Waals surface area (Å²) in [6.45, 7) is 0. The third-order valence-electron chi connectivity index (χ3n) is 2.89. The van der Waals surface area contributed by atoms with Crippen LogP contribution in [0.15, 0.2) is 22.0 Å². The topological polar surface area (TPSA) is 30.2 Å². The van der Waals surface area contributed by atoms with E-state index in [1.165, 1.54) is 25.0 Å². The summed E-state index contributed by atoms with van der Waals surface area (Å²) < 4.78 is 0.988. The molecule has 1 aromatic rings. The first kappa shape index (κ1) is 7.74. The molecule has 0 bridgehead atoms. The highest BCUT2D eigenvalue weighted by atomic mass is 79.9. The molecule has 2 aliphatic rings. The Kier molecular flexibility index (Phi) is 1.59. The lowest BCUT2D eigenvalue weighted by Gasteiger charge is -1.96. The van der Waals surface area contributed by atoms with Crippen LogP contribution < -0.4 is 0 Å². The second-order valence-corrected chi connectivity index (χ2v) is 4.73. The lowest BCUT2D eigenvalue weighted by atomic mass is 10.2. The third kappa shape index (κ3) is 1.33. The van der Waals surface area contributed by atoms with E-state index < -0.39 is 0 Å². The van der Waals surface area contributed by atoms with Crippen molar-refractivity contribution in [3.63, 3.8) is 0 Å². The Balaban J connectivity index is 1.87. The van der Waals surface area contributed by atoms with Crippen LogP contribution in [-0.4, -0.2) is 15.6 Å². The minimum absolute atomic E-state index is 0.794. The van der Waals surface area contributed by atoms with Crippen LogP contribution in [0.1, 0.15) is 19.3 Å². The SMILES string of the molecule is Brc1cnn(/N=C2/CC[C@H]3C[C@@H]23)c1. The van der Waals surface area contributed by atoms with E-state index in [0.717, 1.165) is 16.3 Å². The van der Waals surface area contributed by atoms with Gasteiger partial charge in [0.2, 0.25) is 0 Å². The molecule has 0 unspecified atom stereocenters. The summed E-state index contributed by atoms with van der Waals surface area (Å²) >= 11 is 3.35. The summed E-state index contributed by atoms with van der Waals surface area (Å²) in [5.41, 5.74) is 1.35. The summed E-state index contributed by atoms with van der Waals surface area (Å²) in [7, 11) is 0. The zero-order chi connectivity index (χ0) is 8.84. The fraction of sp³-hybridized carbons (Fsp3) is 0.556. The summed E-state index contributed by atoms with van der Waals surface area (Å²) in [6, 6.07) is 0. The highest BCUT2D eigenvalue weighted by molar-refractivity contribution is 9.10. The van der Waals surface area contributed by atoms with E-state index in [9.17, 15) is 0 Å². The van der Waals surface area contributed by atoms with Gasteiger partial charge < -0.3 is 0 Å². The number of hydrogen-bond acceptors (Lipinski definition) is 2. The first-order valence-corrected chi connectivity index (χ1v) is 5.40. The minimum atomic E-state index is 0.794. The van der Waals surface area contributed by atoms with Gasteiger partial charge in [0.1, 0.15) is 0 Å². The fourth-order valence-electron chi connectivity index (χ4n) is 2.10. The van der Waals surface area contributed by atoms with Crippen molar-refractivity contribution < 1.29 is 0 Å². The lowest BCUT2D eigenvalue weighted by molar-refractivity contribution is 0.731. The molecule has 2 saturated carbocycles. The van der Waals surface area contributed by atoms with E-state index >= 15 is 0 Å². The Morgan fingerprint density at radius 1 is 1.62 bits per heavy atom. The molecular formula is C9H10BrN3. The summed E-state index contributed by atoms with van der Waals surface area (Å²) in [6.07, 6.45) is 7.53. The van der Waals surface area contributed by atoms with Gasteiger partial charge in [-0.15, -0.1) is 0 Å². The number of fused-ring (bicyclic) bond motifs is 1. The van der Waals surface area contributed by atoms with Gasteiger partial charge in [-0.3, -0.25) is 0 Å². The minimum Gasteiger partial charge on any atom is -0.160 e. The largest absolute Gasteiger partial charge is 0.160 e. The molecule has 3 rings (SSSR count). The second kappa shape index (κ2) is 2.67. The van der Waals surface area contributed by atoms with Crippen molar-refractivity contribution in [2.24, 2.45) is 16.9 Å². The zero-order valence-electron chi connectivity index (χ0n) is 7.15. The molecule has 2 aliphatic carbocycles. The van der Waals surface area contributed by atoms with Crippen LogP contribution in [0.25, 0.3) is 0 Å². The molecule has 1 heterocycles. The van der Waals surface area contributed by atoms with Crippen LogP contribution in [0.2, 0.25) is 0 Å². The molecule has 0 aliphatic heterocycles.